The molecule has 2 heterocycles. The summed E-state index contributed by atoms with van der Waals surface area (Å²) in [5.74, 6) is 0.111. The van der Waals surface area contributed by atoms with Crippen LogP contribution in [0.25, 0.3) is 5.65 Å². The van der Waals surface area contributed by atoms with Crippen molar-refractivity contribution in [3.63, 3.8) is 0 Å². The van der Waals surface area contributed by atoms with Crippen LogP contribution in [0.4, 0.5) is 11.5 Å². The molecule has 3 aromatic rings. The number of pyridine rings is 1. The predicted molar refractivity (Wildman–Crippen MR) is 89.1 cm³/mol. The molecule has 2 aromatic heterocycles. The number of ether oxygens (including phenoxy) is 1. The molecule has 0 saturated carbocycles. The number of rotatable bonds is 4. The lowest BCUT2D eigenvalue weighted by Crippen LogP contribution is -1.97. The molecular formula is C16H13ClN4O3. The number of hydrogen-bond donors (Lipinski definition) is 1. The van der Waals surface area contributed by atoms with E-state index in [0.29, 0.717) is 33.6 Å². The normalized spacial score (nSPS) is 11.3. The maximum absolute atomic E-state index is 11.0. The first-order valence-corrected chi connectivity index (χ1v) is 7.34. The number of fused-ring (bicyclic) bond motifs is 1. The van der Waals surface area contributed by atoms with Crippen molar-refractivity contribution in [2.24, 2.45) is 10.2 Å². The molecule has 7 nitrogen and oxygen atoms in total. The van der Waals surface area contributed by atoms with Crippen LogP contribution in [0.15, 0.2) is 46.8 Å². The van der Waals surface area contributed by atoms with E-state index >= 15 is 0 Å². The number of carboxylic acid groups (broad SMARTS) is 1. The molecule has 1 aromatic carbocycles. The minimum Gasteiger partial charge on any atom is -0.497 e. The summed E-state index contributed by atoms with van der Waals surface area (Å²) in [6.45, 7) is 1.77. The molecule has 122 valence electrons. The SMILES string of the molecule is COc1ccc(Cl)c(N=Nc2c(C)nc3cc(C(=O)O)ccn23)c1. The predicted octanol–water partition coefficient (Wildman–Crippen LogP) is 4.42. The minimum absolute atomic E-state index is 0.159. The Bertz CT molecular complexity index is 965. The summed E-state index contributed by atoms with van der Waals surface area (Å²) in [6, 6.07) is 8.04. The number of nitrogens with zero attached hydrogens (tertiary/aromatic N) is 4. The van der Waals surface area contributed by atoms with Crippen LogP contribution in [-0.4, -0.2) is 27.6 Å². The van der Waals surface area contributed by atoms with Crippen LogP contribution in [0.5, 0.6) is 5.75 Å². The summed E-state index contributed by atoms with van der Waals surface area (Å²) in [6.07, 6.45) is 1.60. The van der Waals surface area contributed by atoms with E-state index in [1.165, 1.54) is 12.1 Å². The summed E-state index contributed by atoms with van der Waals surface area (Å²) < 4.78 is 6.81. The number of methoxy groups -OCH3 is 1. The molecule has 1 N–H and O–H groups in total. The first-order chi connectivity index (χ1) is 11.5. The van der Waals surface area contributed by atoms with Crippen molar-refractivity contribution in [2.75, 3.05) is 7.11 Å². The third kappa shape index (κ3) is 2.93. The Kier molecular flexibility index (Phi) is 4.18. The van der Waals surface area contributed by atoms with Crippen LogP contribution in [0.1, 0.15) is 16.1 Å². The van der Waals surface area contributed by atoms with Crippen molar-refractivity contribution in [1.29, 1.82) is 0 Å². The zero-order valence-corrected chi connectivity index (χ0v) is 13.7. The first kappa shape index (κ1) is 15.9. The monoisotopic (exact) mass is 344 g/mol. The Hall–Kier alpha value is -2.93. The lowest BCUT2D eigenvalue weighted by atomic mass is 10.3. The Morgan fingerprint density at radius 1 is 1.29 bits per heavy atom. The molecule has 0 unspecified atom stereocenters. The van der Waals surface area contributed by atoms with E-state index in [4.69, 9.17) is 21.4 Å². The highest BCUT2D eigenvalue weighted by Gasteiger charge is 2.11. The van der Waals surface area contributed by atoms with E-state index in [-0.39, 0.29) is 5.56 Å². The largest absolute Gasteiger partial charge is 0.497 e. The number of aromatic nitrogens is 2. The van der Waals surface area contributed by atoms with Crippen LogP contribution in [0.2, 0.25) is 5.02 Å². The maximum Gasteiger partial charge on any atom is 0.335 e. The van der Waals surface area contributed by atoms with Gasteiger partial charge in [0.05, 0.1) is 23.4 Å². The second kappa shape index (κ2) is 6.29. The van der Waals surface area contributed by atoms with Gasteiger partial charge in [0.1, 0.15) is 17.1 Å². The van der Waals surface area contributed by atoms with Crippen molar-refractivity contribution >= 4 is 34.7 Å². The zero-order valence-electron chi connectivity index (χ0n) is 12.9. The molecule has 0 saturated heterocycles. The highest BCUT2D eigenvalue weighted by Crippen LogP contribution is 2.31. The van der Waals surface area contributed by atoms with Crippen molar-refractivity contribution in [1.82, 2.24) is 9.38 Å². The highest BCUT2D eigenvalue weighted by atomic mass is 35.5. The van der Waals surface area contributed by atoms with Gasteiger partial charge in [0.15, 0.2) is 5.82 Å². The van der Waals surface area contributed by atoms with Gasteiger partial charge in [-0.05, 0) is 31.2 Å². The number of carbonyl (C=O) groups is 1. The topological polar surface area (TPSA) is 88.5 Å². The number of aromatic carboxylic acids is 1. The third-order valence-electron chi connectivity index (χ3n) is 3.42. The van der Waals surface area contributed by atoms with Gasteiger partial charge in [-0.2, -0.15) is 0 Å². The van der Waals surface area contributed by atoms with Crippen molar-refractivity contribution in [2.45, 2.75) is 6.92 Å². The van der Waals surface area contributed by atoms with Crippen molar-refractivity contribution in [3.8, 4) is 5.75 Å². The van der Waals surface area contributed by atoms with E-state index < -0.39 is 5.97 Å². The van der Waals surface area contributed by atoms with Crippen LogP contribution < -0.4 is 4.74 Å². The van der Waals surface area contributed by atoms with Crippen LogP contribution >= 0.6 is 11.6 Å². The summed E-state index contributed by atoms with van der Waals surface area (Å²) >= 11 is 6.11. The average Bonchev–Trinajstić information content (AvgIpc) is 2.88. The van der Waals surface area contributed by atoms with E-state index in [1.807, 2.05) is 0 Å². The maximum atomic E-state index is 11.0. The summed E-state index contributed by atoms with van der Waals surface area (Å²) in [5.41, 5.74) is 1.73. The second-order valence-electron chi connectivity index (χ2n) is 4.99. The Morgan fingerprint density at radius 2 is 2.08 bits per heavy atom. The van der Waals surface area contributed by atoms with Gasteiger partial charge in [-0.3, -0.25) is 4.40 Å². The molecule has 0 aliphatic carbocycles. The molecule has 0 amide bonds. The smallest absolute Gasteiger partial charge is 0.335 e. The fourth-order valence-electron chi connectivity index (χ4n) is 2.20. The Morgan fingerprint density at radius 3 is 2.79 bits per heavy atom. The Labute approximate surface area is 142 Å². The molecule has 24 heavy (non-hydrogen) atoms. The average molecular weight is 345 g/mol. The summed E-state index contributed by atoms with van der Waals surface area (Å²) in [4.78, 5) is 15.4. The first-order valence-electron chi connectivity index (χ1n) is 6.97. The molecule has 0 aliphatic heterocycles. The molecule has 0 radical (unpaired) electrons. The minimum atomic E-state index is -1.01. The second-order valence-corrected chi connectivity index (χ2v) is 5.39. The number of aryl methyl sites for hydroxylation is 1. The fourth-order valence-corrected chi connectivity index (χ4v) is 2.36. The molecule has 0 fully saturated rings. The van der Waals surface area contributed by atoms with Crippen LogP contribution in [0.3, 0.4) is 0 Å². The van der Waals surface area contributed by atoms with E-state index in [9.17, 15) is 4.79 Å². The van der Waals surface area contributed by atoms with Gasteiger partial charge in [0, 0.05) is 12.3 Å². The number of carboxylic acids is 1. The van der Waals surface area contributed by atoms with Gasteiger partial charge in [-0.15, -0.1) is 10.2 Å². The molecular weight excluding hydrogens is 332 g/mol. The van der Waals surface area contributed by atoms with Crippen molar-refractivity contribution in [3.05, 3.63) is 52.8 Å². The van der Waals surface area contributed by atoms with Gasteiger partial charge in [-0.1, -0.05) is 11.6 Å². The van der Waals surface area contributed by atoms with E-state index in [0.717, 1.165) is 0 Å². The van der Waals surface area contributed by atoms with E-state index in [2.05, 4.69) is 15.2 Å². The van der Waals surface area contributed by atoms with Gasteiger partial charge in [-0.25, -0.2) is 9.78 Å². The van der Waals surface area contributed by atoms with E-state index in [1.54, 1.807) is 42.8 Å². The number of azo groups is 1. The lowest BCUT2D eigenvalue weighted by Gasteiger charge is -2.02. The van der Waals surface area contributed by atoms with Crippen LogP contribution in [0, 0.1) is 6.92 Å². The van der Waals surface area contributed by atoms with Gasteiger partial charge < -0.3 is 9.84 Å². The molecule has 8 heteroatoms. The lowest BCUT2D eigenvalue weighted by molar-refractivity contribution is 0.0697. The van der Waals surface area contributed by atoms with Gasteiger partial charge in [0.2, 0.25) is 0 Å². The molecule has 0 aliphatic rings. The quantitative estimate of drug-likeness (QED) is 0.709. The van der Waals surface area contributed by atoms with Gasteiger partial charge in [0.25, 0.3) is 0 Å². The van der Waals surface area contributed by atoms with Crippen molar-refractivity contribution < 1.29 is 14.6 Å². The number of benzene rings is 1. The van der Waals surface area contributed by atoms with Crippen LogP contribution in [-0.2, 0) is 0 Å². The molecule has 3 rings (SSSR count). The number of imidazole rings is 1. The summed E-state index contributed by atoms with van der Waals surface area (Å²) in [7, 11) is 1.55. The molecule has 0 atom stereocenters. The molecule has 0 spiro atoms. The standard InChI is InChI=1S/C16H13ClN4O3/c1-9-15(20-19-13-8-11(24-2)3-4-12(13)17)21-6-5-10(16(22)23)7-14(21)18-9/h3-8H,1-2H3,(H,22,23). The summed E-state index contributed by atoms with van der Waals surface area (Å²) in [5, 5.41) is 17.9. The fraction of sp³-hybridized carbons (Fsp3) is 0.125. The number of hydrogen-bond acceptors (Lipinski definition) is 5. The zero-order chi connectivity index (χ0) is 17.3. The number of halogens is 1. The third-order valence-corrected chi connectivity index (χ3v) is 3.74. The van der Waals surface area contributed by atoms with Gasteiger partial charge >= 0.3 is 5.97 Å². The highest BCUT2D eigenvalue weighted by molar-refractivity contribution is 6.33. The Balaban J connectivity index is 2.04. The molecule has 0 bridgehead atoms.